The van der Waals surface area contributed by atoms with Crippen LogP contribution in [0.15, 0.2) is 84.0 Å². The first-order chi connectivity index (χ1) is 16.8. The van der Waals surface area contributed by atoms with Gasteiger partial charge in [-0.3, -0.25) is 9.78 Å². The first kappa shape index (κ1) is 22.9. The van der Waals surface area contributed by atoms with Gasteiger partial charge < -0.3 is 14.7 Å². The maximum absolute atomic E-state index is 13.1. The van der Waals surface area contributed by atoms with Crippen LogP contribution in [-0.2, 0) is 21.2 Å². The standard InChI is InChI=1S/C26H23N3O5S/c1-34-24-21(7-4-14-28-24)26(31)16-29(17-26)25(30)20-11-9-18(10-12-20)15-35(32,33)22-8-2-5-19-6-3-13-27-23(19)22/h2-14,31H,15-17H2,1H3. The van der Waals surface area contributed by atoms with Crippen LogP contribution in [0.5, 0.6) is 5.88 Å². The molecule has 35 heavy (non-hydrogen) atoms. The summed E-state index contributed by atoms with van der Waals surface area (Å²) in [4.78, 5) is 23.0. The van der Waals surface area contributed by atoms with Gasteiger partial charge in [0.25, 0.3) is 5.91 Å². The second-order valence-corrected chi connectivity index (χ2v) is 10.5. The first-order valence-corrected chi connectivity index (χ1v) is 12.6. The molecule has 9 heteroatoms. The van der Waals surface area contributed by atoms with Gasteiger partial charge in [-0.25, -0.2) is 13.4 Å². The zero-order valence-corrected chi connectivity index (χ0v) is 19.8. The molecule has 0 atom stereocenters. The molecule has 1 aliphatic rings. The molecule has 0 saturated carbocycles. The molecule has 2 aromatic carbocycles. The molecule has 1 saturated heterocycles. The fraction of sp³-hybridized carbons (Fsp3) is 0.192. The Balaban J connectivity index is 1.29. The summed E-state index contributed by atoms with van der Waals surface area (Å²) in [5, 5.41) is 11.7. The third-order valence-corrected chi connectivity index (χ3v) is 7.86. The maximum atomic E-state index is 13.1. The number of ether oxygens (including phenoxy) is 1. The summed E-state index contributed by atoms with van der Waals surface area (Å²) in [6, 6.07) is 18.6. The minimum Gasteiger partial charge on any atom is -0.481 e. The molecule has 1 aliphatic heterocycles. The number of pyridine rings is 2. The number of hydrogen-bond acceptors (Lipinski definition) is 7. The van der Waals surface area contributed by atoms with Crippen LogP contribution in [0, 0.1) is 0 Å². The van der Waals surface area contributed by atoms with E-state index < -0.39 is 15.4 Å². The topological polar surface area (TPSA) is 110 Å². The molecule has 0 radical (unpaired) electrons. The van der Waals surface area contributed by atoms with Crippen molar-refractivity contribution in [2.75, 3.05) is 20.2 Å². The van der Waals surface area contributed by atoms with Crippen LogP contribution < -0.4 is 4.74 Å². The van der Waals surface area contributed by atoms with Crippen molar-refractivity contribution >= 4 is 26.6 Å². The van der Waals surface area contributed by atoms with Gasteiger partial charge in [-0.05, 0) is 42.0 Å². The van der Waals surface area contributed by atoms with Crippen LogP contribution >= 0.6 is 0 Å². The number of sulfone groups is 1. The van der Waals surface area contributed by atoms with E-state index in [1.54, 1.807) is 67.0 Å². The van der Waals surface area contributed by atoms with E-state index in [0.29, 0.717) is 28.1 Å². The van der Waals surface area contributed by atoms with E-state index in [1.807, 2.05) is 12.1 Å². The van der Waals surface area contributed by atoms with Gasteiger partial charge in [0, 0.05) is 28.9 Å². The highest BCUT2D eigenvalue weighted by molar-refractivity contribution is 7.90. The van der Waals surface area contributed by atoms with Gasteiger partial charge in [-0.1, -0.05) is 30.3 Å². The molecular formula is C26H23N3O5S. The summed E-state index contributed by atoms with van der Waals surface area (Å²) >= 11 is 0. The number of β-amino-alcohol motifs (C(OH)–C–C–N with tert-alkyl or cyclic N) is 1. The number of hydrogen-bond donors (Lipinski definition) is 1. The average Bonchev–Trinajstić information content (AvgIpc) is 2.86. The molecule has 1 fully saturated rings. The van der Waals surface area contributed by atoms with E-state index in [4.69, 9.17) is 4.74 Å². The largest absolute Gasteiger partial charge is 0.481 e. The van der Waals surface area contributed by atoms with E-state index in [1.165, 1.54) is 12.0 Å². The van der Waals surface area contributed by atoms with Crippen LogP contribution in [0.25, 0.3) is 10.9 Å². The zero-order chi connectivity index (χ0) is 24.6. The Morgan fingerprint density at radius 1 is 1.00 bits per heavy atom. The summed E-state index contributed by atoms with van der Waals surface area (Å²) in [5.74, 6) is -0.124. The van der Waals surface area contributed by atoms with Gasteiger partial charge in [-0.2, -0.15) is 0 Å². The van der Waals surface area contributed by atoms with Crippen LogP contribution in [-0.4, -0.2) is 54.5 Å². The van der Waals surface area contributed by atoms with Crippen molar-refractivity contribution in [2.24, 2.45) is 0 Å². The van der Waals surface area contributed by atoms with Gasteiger partial charge in [0.1, 0.15) is 5.60 Å². The molecule has 0 bridgehead atoms. The van der Waals surface area contributed by atoms with Crippen molar-refractivity contribution in [1.29, 1.82) is 0 Å². The van der Waals surface area contributed by atoms with Crippen LogP contribution in [0.1, 0.15) is 21.5 Å². The predicted molar refractivity (Wildman–Crippen MR) is 130 cm³/mol. The Labute approximate surface area is 202 Å². The van der Waals surface area contributed by atoms with Crippen molar-refractivity contribution in [3.63, 3.8) is 0 Å². The maximum Gasteiger partial charge on any atom is 0.254 e. The van der Waals surface area contributed by atoms with Crippen molar-refractivity contribution < 1.29 is 23.1 Å². The molecular weight excluding hydrogens is 466 g/mol. The Kier molecular flexibility index (Phi) is 5.74. The number of amides is 1. The number of carbonyl (C=O) groups excluding carboxylic acids is 1. The molecule has 1 amide bonds. The fourth-order valence-corrected chi connectivity index (χ4v) is 5.90. The third kappa shape index (κ3) is 4.24. The lowest BCUT2D eigenvalue weighted by Crippen LogP contribution is -2.61. The van der Waals surface area contributed by atoms with Crippen LogP contribution in [0.2, 0.25) is 0 Å². The highest BCUT2D eigenvalue weighted by atomic mass is 32.2. The monoisotopic (exact) mass is 489 g/mol. The molecule has 4 aromatic rings. The van der Waals surface area contributed by atoms with E-state index in [0.717, 1.165) is 5.39 Å². The number of aliphatic hydroxyl groups is 1. The summed E-state index contributed by atoms with van der Waals surface area (Å²) in [5.41, 5.74) is 0.732. The lowest BCUT2D eigenvalue weighted by molar-refractivity contribution is -0.0877. The molecule has 1 N–H and O–H groups in total. The Morgan fingerprint density at radius 3 is 2.43 bits per heavy atom. The number of aromatic nitrogens is 2. The summed E-state index contributed by atoms with van der Waals surface area (Å²) in [6.07, 6.45) is 3.15. The minimum absolute atomic E-state index is 0.109. The van der Waals surface area contributed by atoms with Gasteiger partial charge in [0.2, 0.25) is 5.88 Å². The number of methoxy groups -OCH3 is 1. The number of para-hydroxylation sites is 1. The molecule has 2 aromatic heterocycles. The van der Waals surface area contributed by atoms with Gasteiger partial charge in [0.05, 0.1) is 36.4 Å². The van der Waals surface area contributed by atoms with E-state index in [-0.39, 0.29) is 29.6 Å². The normalized spacial score (nSPS) is 15.0. The molecule has 178 valence electrons. The minimum atomic E-state index is -3.64. The lowest BCUT2D eigenvalue weighted by Gasteiger charge is -2.46. The predicted octanol–water partition coefficient (Wildman–Crippen LogP) is 2.96. The Bertz CT molecular complexity index is 1510. The second-order valence-electron chi connectivity index (χ2n) is 8.54. The van der Waals surface area contributed by atoms with Crippen molar-refractivity contribution in [2.45, 2.75) is 16.2 Å². The van der Waals surface area contributed by atoms with Gasteiger partial charge >= 0.3 is 0 Å². The number of rotatable bonds is 6. The molecule has 8 nitrogen and oxygen atoms in total. The second kappa shape index (κ2) is 8.75. The number of fused-ring (bicyclic) bond motifs is 1. The lowest BCUT2D eigenvalue weighted by atomic mass is 9.86. The fourth-order valence-electron chi connectivity index (χ4n) is 4.36. The van der Waals surface area contributed by atoms with E-state index >= 15 is 0 Å². The quantitative estimate of drug-likeness (QED) is 0.443. The summed E-state index contributed by atoms with van der Waals surface area (Å²) < 4.78 is 31.4. The van der Waals surface area contributed by atoms with Crippen LogP contribution in [0.3, 0.4) is 0 Å². The molecule has 0 spiro atoms. The number of benzene rings is 2. The number of likely N-dealkylation sites (tertiary alicyclic amines) is 1. The van der Waals surface area contributed by atoms with E-state index in [2.05, 4.69) is 9.97 Å². The van der Waals surface area contributed by atoms with Crippen LogP contribution in [0.4, 0.5) is 0 Å². The summed E-state index contributed by atoms with van der Waals surface area (Å²) in [6.45, 7) is 0.218. The number of nitrogens with zero attached hydrogens (tertiary/aromatic N) is 3. The molecule has 0 aliphatic carbocycles. The highest BCUT2D eigenvalue weighted by Gasteiger charge is 2.47. The van der Waals surface area contributed by atoms with Gasteiger partial charge in [-0.15, -0.1) is 0 Å². The van der Waals surface area contributed by atoms with Crippen molar-refractivity contribution in [1.82, 2.24) is 14.9 Å². The number of carbonyl (C=O) groups is 1. The zero-order valence-electron chi connectivity index (χ0n) is 19.0. The van der Waals surface area contributed by atoms with E-state index in [9.17, 15) is 18.3 Å². The highest BCUT2D eigenvalue weighted by Crippen LogP contribution is 2.37. The molecule has 5 rings (SSSR count). The Morgan fingerprint density at radius 2 is 1.69 bits per heavy atom. The first-order valence-electron chi connectivity index (χ1n) is 11.0. The van der Waals surface area contributed by atoms with Crippen molar-refractivity contribution in [3.8, 4) is 5.88 Å². The Hall–Kier alpha value is -3.82. The smallest absolute Gasteiger partial charge is 0.254 e. The summed E-state index contributed by atoms with van der Waals surface area (Å²) in [7, 11) is -2.16. The molecule has 3 heterocycles. The third-order valence-electron chi connectivity index (χ3n) is 6.15. The molecule has 0 unspecified atom stereocenters. The van der Waals surface area contributed by atoms with Crippen molar-refractivity contribution in [3.05, 3.63) is 95.8 Å². The SMILES string of the molecule is COc1ncccc1C1(O)CN(C(=O)c2ccc(CS(=O)(=O)c3cccc4cccnc34)cc2)C1. The van der Waals surface area contributed by atoms with Gasteiger partial charge in [0.15, 0.2) is 9.84 Å². The average molecular weight is 490 g/mol.